The molecule has 0 radical (unpaired) electrons. The summed E-state index contributed by atoms with van der Waals surface area (Å²) in [5.74, 6) is 0.763. The van der Waals surface area contributed by atoms with Gasteiger partial charge >= 0.3 is 0 Å². The lowest BCUT2D eigenvalue weighted by atomic mass is 10.1. The fourth-order valence-corrected chi connectivity index (χ4v) is 1.74. The number of nitrogens with two attached hydrogens (primary N) is 1. The van der Waals surface area contributed by atoms with Crippen LogP contribution in [0, 0.1) is 5.92 Å². The molecule has 0 amide bonds. The first-order valence-electron chi connectivity index (χ1n) is 5.11. The lowest BCUT2D eigenvalue weighted by Crippen LogP contribution is -2.57. The number of ether oxygens (including phenoxy) is 1. The number of rotatable bonds is 5. The van der Waals surface area contributed by atoms with Crippen molar-refractivity contribution in [2.24, 2.45) is 11.7 Å². The Hall–Kier alpha value is -0.160. The molecule has 0 aromatic heterocycles. The van der Waals surface area contributed by atoms with E-state index in [1.165, 1.54) is 0 Å². The molecular weight excluding hydrogens is 166 g/mol. The van der Waals surface area contributed by atoms with Gasteiger partial charge in [0, 0.05) is 44.7 Å². The third-order valence-corrected chi connectivity index (χ3v) is 2.73. The predicted octanol–water partition coefficient (Wildman–Crippen LogP) is -1.13. The zero-order valence-corrected chi connectivity index (χ0v) is 8.04. The summed E-state index contributed by atoms with van der Waals surface area (Å²) < 4.78 is 5.09. The molecule has 0 spiro atoms. The number of likely N-dealkylation sites (tertiary alicyclic amines) is 1. The van der Waals surface area contributed by atoms with Gasteiger partial charge in [-0.2, -0.15) is 0 Å². The molecule has 0 unspecified atom stereocenters. The minimum Gasteiger partial charge on any atom is -0.381 e. The fraction of sp³-hybridized carbons (Fsp3) is 1.00. The minimum atomic E-state index is 0.431. The van der Waals surface area contributed by atoms with Crippen molar-refractivity contribution in [1.29, 1.82) is 0 Å². The molecule has 0 aliphatic carbocycles. The molecule has 2 heterocycles. The maximum absolute atomic E-state index is 5.67. The molecule has 4 nitrogen and oxygen atoms in total. The van der Waals surface area contributed by atoms with Crippen LogP contribution in [-0.4, -0.2) is 56.9 Å². The van der Waals surface area contributed by atoms with Gasteiger partial charge in [0.25, 0.3) is 0 Å². The Balaban J connectivity index is 1.41. The van der Waals surface area contributed by atoms with Crippen LogP contribution in [0.2, 0.25) is 0 Å². The first-order chi connectivity index (χ1) is 6.34. The summed E-state index contributed by atoms with van der Waals surface area (Å²) in [6, 6.07) is 0.431. The lowest BCUT2D eigenvalue weighted by molar-refractivity contribution is -0.0308. The predicted molar refractivity (Wildman–Crippen MR) is 51.6 cm³/mol. The molecular formula is C9H19N3O. The largest absolute Gasteiger partial charge is 0.381 e. The highest BCUT2D eigenvalue weighted by atomic mass is 16.5. The van der Waals surface area contributed by atoms with E-state index in [1.54, 1.807) is 0 Å². The highest BCUT2D eigenvalue weighted by Crippen LogP contribution is 2.07. The van der Waals surface area contributed by atoms with Crippen LogP contribution in [0.3, 0.4) is 0 Å². The molecule has 0 bridgehead atoms. The maximum Gasteiger partial charge on any atom is 0.0528 e. The van der Waals surface area contributed by atoms with Crippen molar-refractivity contribution in [1.82, 2.24) is 10.2 Å². The molecule has 13 heavy (non-hydrogen) atoms. The van der Waals surface area contributed by atoms with Gasteiger partial charge in [-0.15, -0.1) is 0 Å². The smallest absolute Gasteiger partial charge is 0.0528 e. The highest BCUT2D eigenvalue weighted by molar-refractivity contribution is 4.82. The topological polar surface area (TPSA) is 50.5 Å². The van der Waals surface area contributed by atoms with Crippen LogP contribution in [0.25, 0.3) is 0 Å². The lowest BCUT2D eigenvalue weighted by Gasteiger charge is -2.37. The Bertz CT molecular complexity index is 155. The number of hydrogen-bond donors (Lipinski definition) is 2. The average Bonchev–Trinajstić information content (AvgIpc) is 1.97. The molecule has 0 aromatic rings. The molecule has 2 saturated heterocycles. The summed E-state index contributed by atoms with van der Waals surface area (Å²) in [5, 5.41) is 3.44. The summed E-state index contributed by atoms with van der Waals surface area (Å²) >= 11 is 0. The molecule has 2 aliphatic rings. The van der Waals surface area contributed by atoms with Crippen LogP contribution in [0.15, 0.2) is 0 Å². The standard InChI is InChI=1S/C9H19N3O/c10-9-4-12(5-9)2-1-11-3-8-6-13-7-8/h8-9,11H,1-7,10H2. The second-order valence-electron chi connectivity index (χ2n) is 4.13. The van der Waals surface area contributed by atoms with Crippen LogP contribution < -0.4 is 11.1 Å². The van der Waals surface area contributed by atoms with Gasteiger partial charge in [-0.3, -0.25) is 4.90 Å². The van der Waals surface area contributed by atoms with E-state index in [2.05, 4.69) is 10.2 Å². The van der Waals surface area contributed by atoms with Gasteiger partial charge in [-0.1, -0.05) is 0 Å². The zero-order chi connectivity index (χ0) is 9.10. The van der Waals surface area contributed by atoms with Crippen molar-refractivity contribution >= 4 is 0 Å². The molecule has 76 valence electrons. The first kappa shape index (κ1) is 9.40. The first-order valence-corrected chi connectivity index (χ1v) is 5.11. The fourth-order valence-electron chi connectivity index (χ4n) is 1.74. The maximum atomic E-state index is 5.67. The van der Waals surface area contributed by atoms with E-state index in [0.717, 1.165) is 51.9 Å². The highest BCUT2D eigenvalue weighted by Gasteiger charge is 2.22. The van der Waals surface area contributed by atoms with Gasteiger partial charge in [-0.05, 0) is 0 Å². The van der Waals surface area contributed by atoms with Gasteiger partial charge in [0.1, 0.15) is 0 Å². The number of hydrogen-bond acceptors (Lipinski definition) is 4. The quantitative estimate of drug-likeness (QED) is 0.532. The van der Waals surface area contributed by atoms with E-state index >= 15 is 0 Å². The van der Waals surface area contributed by atoms with E-state index in [4.69, 9.17) is 10.5 Å². The van der Waals surface area contributed by atoms with Crippen molar-refractivity contribution in [2.45, 2.75) is 6.04 Å². The van der Waals surface area contributed by atoms with Crippen LogP contribution >= 0.6 is 0 Å². The Labute approximate surface area is 79.4 Å². The average molecular weight is 185 g/mol. The van der Waals surface area contributed by atoms with Crippen LogP contribution in [0.5, 0.6) is 0 Å². The molecule has 4 heteroatoms. The summed E-state index contributed by atoms with van der Waals surface area (Å²) in [6.07, 6.45) is 0. The van der Waals surface area contributed by atoms with Gasteiger partial charge in [0.15, 0.2) is 0 Å². The van der Waals surface area contributed by atoms with E-state index < -0.39 is 0 Å². The normalized spacial score (nSPS) is 25.6. The van der Waals surface area contributed by atoms with Crippen LogP contribution in [0.1, 0.15) is 0 Å². The molecule has 2 aliphatic heterocycles. The van der Waals surface area contributed by atoms with Gasteiger partial charge < -0.3 is 15.8 Å². The molecule has 0 saturated carbocycles. The Morgan fingerprint density at radius 3 is 2.69 bits per heavy atom. The zero-order valence-electron chi connectivity index (χ0n) is 8.04. The van der Waals surface area contributed by atoms with Gasteiger partial charge in [-0.25, -0.2) is 0 Å². The van der Waals surface area contributed by atoms with Crippen molar-refractivity contribution in [3.63, 3.8) is 0 Å². The summed E-state index contributed by atoms with van der Waals surface area (Å²) in [4.78, 5) is 2.38. The van der Waals surface area contributed by atoms with Gasteiger partial charge in [0.05, 0.1) is 13.2 Å². The van der Waals surface area contributed by atoms with Crippen LogP contribution in [0.4, 0.5) is 0 Å². The molecule has 2 rings (SSSR count). The summed E-state index contributed by atoms with van der Waals surface area (Å²) in [7, 11) is 0. The molecule has 2 fully saturated rings. The minimum absolute atomic E-state index is 0.431. The Morgan fingerprint density at radius 2 is 2.15 bits per heavy atom. The summed E-state index contributed by atoms with van der Waals surface area (Å²) in [6.45, 7) is 7.38. The van der Waals surface area contributed by atoms with Crippen molar-refractivity contribution in [2.75, 3.05) is 45.9 Å². The van der Waals surface area contributed by atoms with Crippen molar-refractivity contribution in [3.8, 4) is 0 Å². The second-order valence-corrected chi connectivity index (χ2v) is 4.13. The number of nitrogens with one attached hydrogen (secondary N) is 1. The van der Waals surface area contributed by atoms with Crippen molar-refractivity contribution < 1.29 is 4.74 Å². The Kier molecular flexibility index (Phi) is 3.16. The van der Waals surface area contributed by atoms with E-state index in [0.29, 0.717) is 6.04 Å². The van der Waals surface area contributed by atoms with E-state index in [1.807, 2.05) is 0 Å². The number of nitrogens with zero attached hydrogens (tertiary/aromatic N) is 1. The second kappa shape index (κ2) is 4.37. The van der Waals surface area contributed by atoms with Crippen LogP contribution in [-0.2, 0) is 4.74 Å². The molecule has 0 atom stereocenters. The SMILES string of the molecule is NC1CN(CCNCC2COC2)C1. The summed E-state index contributed by atoms with van der Waals surface area (Å²) in [5.41, 5.74) is 5.67. The third-order valence-electron chi connectivity index (χ3n) is 2.73. The van der Waals surface area contributed by atoms with Gasteiger partial charge in [0.2, 0.25) is 0 Å². The third kappa shape index (κ3) is 2.64. The van der Waals surface area contributed by atoms with E-state index in [-0.39, 0.29) is 0 Å². The Morgan fingerprint density at radius 1 is 1.38 bits per heavy atom. The van der Waals surface area contributed by atoms with Crippen molar-refractivity contribution in [3.05, 3.63) is 0 Å². The molecule has 0 aromatic carbocycles. The van der Waals surface area contributed by atoms with E-state index in [9.17, 15) is 0 Å². The molecule has 3 N–H and O–H groups in total. The monoisotopic (exact) mass is 185 g/mol.